The number of likely N-dealkylation sites (N-methyl/N-ethyl adjacent to an activating group) is 1. The Labute approximate surface area is 101 Å². The van der Waals surface area contributed by atoms with Crippen LogP contribution in [0.2, 0.25) is 0 Å². The second kappa shape index (κ2) is 4.74. The summed E-state index contributed by atoms with van der Waals surface area (Å²) >= 11 is 1.89. The maximum absolute atomic E-state index is 8.21. The molecule has 0 atom stereocenters. The van der Waals surface area contributed by atoms with E-state index in [-0.39, 0.29) is 0 Å². The summed E-state index contributed by atoms with van der Waals surface area (Å²) in [5, 5.41) is 8.21. The largest absolute Gasteiger partial charge is 0.330 e. The summed E-state index contributed by atoms with van der Waals surface area (Å²) < 4.78 is 0. The maximum Gasteiger partial charge on any atom is 0.128 e. The molecule has 84 valence electrons. The van der Waals surface area contributed by atoms with Crippen molar-refractivity contribution in [3.05, 3.63) is 41.5 Å². The minimum absolute atomic E-state index is 0.633. The van der Waals surface area contributed by atoms with Crippen molar-refractivity contribution >= 4 is 23.3 Å². The van der Waals surface area contributed by atoms with Crippen molar-refractivity contribution in [2.24, 2.45) is 0 Å². The lowest BCUT2D eigenvalue weighted by Gasteiger charge is -2.21. The van der Waals surface area contributed by atoms with Crippen LogP contribution in [-0.4, -0.2) is 24.4 Å². The predicted molar refractivity (Wildman–Crippen MR) is 72.6 cm³/mol. The van der Waals surface area contributed by atoms with Crippen LogP contribution in [0.15, 0.2) is 41.5 Å². The molecule has 1 aliphatic rings. The van der Waals surface area contributed by atoms with E-state index in [2.05, 4.69) is 6.92 Å². The van der Waals surface area contributed by atoms with Gasteiger partial charge in [-0.15, -0.1) is 0 Å². The van der Waals surface area contributed by atoms with Crippen molar-refractivity contribution in [3.8, 4) is 0 Å². The Morgan fingerprint density at radius 3 is 2.50 bits per heavy atom. The van der Waals surface area contributed by atoms with Crippen molar-refractivity contribution in [2.45, 2.75) is 6.92 Å². The molecule has 1 heterocycles. The molecule has 0 radical (unpaired) electrons. The fourth-order valence-electron chi connectivity index (χ4n) is 1.77. The number of amidine groups is 1. The topological polar surface area (TPSA) is 27.1 Å². The second-order valence-corrected chi connectivity index (χ2v) is 4.98. The van der Waals surface area contributed by atoms with Crippen molar-refractivity contribution in [1.82, 2.24) is 0 Å². The summed E-state index contributed by atoms with van der Waals surface area (Å²) in [5.74, 6) is 2.68. The summed E-state index contributed by atoms with van der Waals surface area (Å²) in [4.78, 5) is 1.95. The minimum Gasteiger partial charge on any atom is -0.330 e. The molecule has 0 spiro atoms. The number of hydrogen-bond acceptors (Lipinski definition) is 2. The molecule has 1 N–H and O–H groups in total. The molecule has 0 unspecified atom stereocenters. The van der Waals surface area contributed by atoms with Gasteiger partial charge in [-0.3, -0.25) is 5.41 Å². The van der Waals surface area contributed by atoms with Crippen LogP contribution in [-0.2, 0) is 0 Å². The van der Waals surface area contributed by atoms with Gasteiger partial charge in [0.1, 0.15) is 5.84 Å². The molecule has 2 nitrogen and oxygen atoms in total. The highest BCUT2D eigenvalue weighted by Gasteiger charge is 2.18. The van der Waals surface area contributed by atoms with E-state index in [0.717, 1.165) is 17.2 Å². The van der Waals surface area contributed by atoms with E-state index in [1.54, 1.807) is 0 Å². The zero-order valence-electron chi connectivity index (χ0n) is 9.66. The number of thioether (sulfide) groups is 1. The Morgan fingerprint density at radius 1 is 1.25 bits per heavy atom. The number of nitrogens with zero attached hydrogens (tertiary/aromatic N) is 1. The number of nitrogens with one attached hydrogen (secondary N) is 1. The molecule has 0 amide bonds. The van der Waals surface area contributed by atoms with E-state index in [4.69, 9.17) is 5.41 Å². The minimum atomic E-state index is 0.633. The van der Waals surface area contributed by atoms with Gasteiger partial charge in [0.2, 0.25) is 0 Å². The van der Waals surface area contributed by atoms with Crippen molar-refractivity contribution in [3.63, 3.8) is 0 Å². The Kier molecular flexibility index (Phi) is 3.34. The molecule has 0 saturated heterocycles. The van der Waals surface area contributed by atoms with Gasteiger partial charge in [0.25, 0.3) is 0 Å². The Bertz CT molecular complexity index is 423. The molecule has 1 aromatic carbocycles. The molecule has 0 aliphatic carbocycles. The molecule has 16 heavy (non-hydrogen) atoms. The first kappa shape index (κ1) is 11.3. The van der Waals surface area contributed by atoms with Gasteiger partial charge in [-0.25, -0.2) is 0 Å². The van der Waals surface area contributed by atoms with Gasteiger partial charge in [0.05, 0.1) is 0 Å². The van der Waals surface area contributed by atoms with Crippen molar-refractivity contribution in [1.29, 1.82) is 5.41 Å². The average Bonchev–Trinajstić information content (AvgIpc) is 2.75. The lowest BCUT2D eigenvalue weighted by Crippen LogP contribution is -2.27. The molecule has 0 fully saturated rings. The number of para-hydroxylation sites is 1. The van der Waals surface area contributed by atoms with E-state index >= 15 is 0 Å². The fourth-order valence-corrected chi connectivity index (χ4v) is 2.94. The Morgan fingerprint density at radius 2 is 1.94 bits per heavy atom. The van der Waals surface area contributed by atoms with Gasteiger partial charge < -0.3 is 4.90 Å². The fraction of sp³-hybridized carbons (Fsp3) is 0.308. The number of hydrogen-bond donors (Lipinski definition) is 1. The third kappa shape index (κ3) is 2.14. The van der Waals surface area contributed by atoms with Crippen LogP contribution < -0.4 is 4.90 Å². The molecular formula is C13H16N2S. The number of rotatable bonds is 2. The monoisotopic (exact) mass is 232 g/mol. The standard InChI is InChI=1S/C13H16N2S/c1-10-8-16-9-12(10)13(14)15(2)11-6-4-3-5-7-11/h3-7,14H,8-9H2,1-2H3. The molecule has 3 heteroatoms. The summed E-state index contributed by atoms with van der Waals surface area (Å²) in [7, 11) is 1.96. The third-order valence-corrected chi connectivity index (χ3v) is 3.97. The second-order valence-electron chi connectivity index (χ2n) is 3.99. The lowest BCUT2D eigenvalue weighted by atomic mass is 10.1. The first-order chi connectivity index (χ1) is 7.70. The Hall–Kier alpha value is -1.22. The molecule has 0 aromatic heterocycles. The van der Waals surface area contributed by atoms with Gasteiger partial charge in [0.15, 0.2) is 0 Å². The van der Waals surface area contributed by atoms with Crippen LogP contribution in [0.5, 0.6) is 0 Å². The van der Waals surface area contributed by atoms with Crippen LogP contribution in [0.4, 0.5) is 5.69 Å². The van der Waals surface area contributed by atoms with Crippen molar-refractivity contribution in [2.75, 3.05) is 23.5 Å². The normalized spacial score (nSPS) is 15.4. The summed E-state index contributed by atoms with van der Waals surface area (Å²) in [6, 6.07) is 10.1. The molecule has 1 aliphatic heterocycles. The molecule has 0 bridgehead atoms. The van der Waals surface area contributed by atoms with Crippen molar-refractivity contribution < 1.29 is 0 Å². The zero-order chi connectivity index (χ0) is 11.5. The highest BCUT2D eigenvalue weighted by molar-refractivity contribution is 8.00. The molecule has 1 aromatic rings. The highest BCUT2D eigenvalue weighted by atomic mass is 32.2. The molecule has 0 saturated carbocycles. The zero-order valence-corrected chi connectivity index (χ0v) is 10.5. The van der Waals surface area contributed by atoms with Gasteiger partial charge in [-0.05, 0) is 19.1 Å². The predicted octanol–water partition coefficient (Wildman–Crippen LogP) is 3.16. The highest BCUT2D eigenvalue weighted by Crippen LogP contribution is 2.26. The van der Waals surface area contributed by atoms with Gasteiger partial charge in [-0.2, -0.15) is 11.8 Å². The first-order valence-corrected chi connectivity index (χ1v) is 6.49. The average molecular weight is 232 g/mol. The number of anilines is 1. The van der Waals surface area contributed by atoms with Crippen LogP contribution in [0.1, 0.15) is 6.92 Å². The molecular weight excluding hydrogens is 216 g/mol. The summed E-state index contributed by atoms with van der Waals surface area (Å²) in [5.41, 5.74) is 3.61. The van der Waals surface area contributed by atoms with E-state index in [9.17, 15) is 0 Å². The van der Waals surface area contributed by atoms with E-state index in [1.807, 2.05) is 54.0 Å². The van der Waals surface area contributed by atoms with Crippen LogP contribution in [0, 0.1) is 5.41 Å². The van der Waals surface area contributed by atoms with E-state index in [1.165, 1.54) is 11.1 Å². The SMILES string of the molecule is CC1=C(C(=N)N(C)c2ccccc2)CSC1. The molecule has 2 rings (SSSR count). The quantitative estimate of drug-likeness (QED) is 0.626. The smallest absolute Gasteiger partial charge is 0.128 e. The van der Waals surface area contributed by atoms with Crippen LogP contribution in [0.3, 0.4) is 0 Å². The van der Waals surface area contributed by atoms with E-state index < -0.39 is 0 Å². The first-order valence-electron chi connectivity index (χ1n) is 5.34. The van der Waals surface area contributed by atoms with Gasteiger partial charge in [-0.1, -0.05) is 23.8 Å². The summed E-state index contributed by atoms with van der Waals surface area (Å²) in [6.07, 6.45) is 0. The van der Waals surface area contributed by atoms with Crippen LogP contribution >= 0.6 is 11.8 Å². The van der Waals surface area contributed by atoms with Gasteiger partial charge >= 0.3 is 0 Å². The van der Waals surface area contributed by atoms with E-state index in [0.29, 0.717) is 5.84 Å². The number of benzene rings is 1. The maximum atomic E-state index is 8.21. The third-order valence-electron chi connectivity index (χ3n) is 2.84. The Balaban J connectivity index is 2.20. The lowest BCUT2D eigenvalue weighted by molar-refractivity contribution is 1.20. The summed E-state index contributed by atoms with van der Waals surface area (Å²) in [6.45, 7) is 2.13. The van der Waals surface area contributed by atoms with Gasteiger partial charge in [0, 0.05) is 29.8 Å². The van der Waals surface area contributed by atoms with Crippen LogP contribution in [0.25, 0.3) is 0 Å².